The first-order valence-electron chi connectivity index (χ1n) is 7.44. The van der Waals surface area contributed by atoms with Crippen LogP contribution in [0.2, 0.25) is 0 Å². The molecule has 0 spiro atoms. The lowest BCUT2D eigenvalue weighted by Gasteiger charge is -2.09. The lowest BCUT2D eigenvalue weighted by atomic mass is 10.1. The monoisotopic (exact) mass is 277 g/mol. The fourth-order valence-corrected chi connectivity index (χ4v) is 2.40. The van der Waals surface area contributed by atoms with Gasteiger partial charge in [0.1, 0.15) is 0 Å². The van der Waals surface area contributed by atoms with Gasteiger partial charge in [0.05, 0.1) is 12.7 Å². The number of hydrogen-bond acceptors (Lipinski definition) is 4. The second-order valence-electron chi connectivity index (χ2n) is 5.27. The molecule has 1 aliphatic rings. The fraction of sp³-hybridized carbons (Fsp3) is 0.625. The van der Waals surface area contributed by atoms with E-state index in [0.717, 1.165) is 50.1 Å². The van der Waals surface area contributed by atoms with E-state index in [2.05, 4.69) is 4.98 Å². The molecule has 1 atom stereocenters. The molecule has 0 bridgehead atoms. The Morgan fingerprint density at radius 2 is 2.40 bits per heavy atom. The summed E-state index contributed by atoms with van der Waals surface area (Å²) in [7, 11) is 0. The Morgan fingerprint density at radius 1 is 1.50 bits per heavy atom. The van der Waals surface area contributed by atoms with Crippen LogP contribution in [0.1, 0.15) is 43.5 Å². The first kappa shape index (κ1) is 15.0. The predicted molar refractivity (Wildman–Crippen MR) is 76.5 cm³/mol. The van der Waals surface area contributed by atoms with Gasteiger partial charge < -0.3 is 9.47 Å². The molecular weight excluding hydrogens is 254 g/mol. The van der Waals surface area contributed by atoms with Crippen molar-refractivity contribution in [3.8, 4) is 0 Å². The molecule has 1 aromatic rings. The number of carbonyl (C=O) groups excluding carboxylic acids is 1. The number of hydrogen-bond donors (Lipinski definition) is 0. The molecule has 20 heavy (non-hydrogen) atoms. The van der Waals surface area contributed by atoms with Crippen LogP contribution < -0.4 is 0 Å². The Morgan fingerprint density at radius 3 is 3.15 bits per heavy atom. The summed E-state index contributed by atoms with van der Waals surface area (Å²) in [6.07, 6.45) is 5.38. The van der Waals surface area contributed by atoms with E-state index >= 15 is 0 Å². The summed E-state index contributed by atoms with van der Waals surface area (Å²) in [5, 5.41) is 0. The minimum absolute atomic E-state index is 0.113. The Labute approximate surface area is 120 Å². The van der Waals surface area contributed by atoms with E-state index in [0.29, 0.717) is 13.0 Å². The van der Waals surface area contributed by atoms with Crippen molar-refractivity contribution in [3.05, 3.63) is 29.6 Å². The molecule has 1 aromatic heterocycles. The van der Waals surface area contributed by atoms with E-state index in [-0.39, 0.29) is 12.1 Å². The molecule has 0 aromatic carbocycles. The third-order valence-corrected chi connectivity index (χ3v) is 3.48. The highest BCUT2D eigenvalue weighted by atomic mass is 16.5. The topological polar surface area (TPSA) is 48.4 Å². The van der Waals surface area contributed by atoms with Gasteiger partial charge in [-0.05, 0) is 51.2 Å². The van der Waals surface area contributed by atoms with Gasteiger partial charge in [0.25, 0.3) is 0 Å². The Bertz CT molecular complexity index is 427. The van der Waals surface area contributed by atoms with E-state index in [1.807, 2.05) is 25.1 Å². The standard InChI is InChI=1S/C16H23NO3/c1-13-5-2-6-14(17-13)7-3-12-20-16(18)10-9-15-8-4-11-19-15/h2,5-6,15H,3-4,7-12H2,1H3. The SMILES string of the molecule is Cc1cccc(CCCOC(=O)CCC2CCCO2)n1. The molecule has 1 aliphatic heterocycles. The van der Waals surface area contributed by atoms with Gasteiger partial charge >= 0.3 is 5.97 Å². The molecule has 0 N–H and O–H groups in total. The molecule has 0 amide bonds. The summed E-state index contributed by atoms with van der Waals surface area (Å²) in [4.78, 5) is 16.0. The zero-order valence-electron chi connectivity index (χ0n) is 12.1. The van der Waals surface area contributed by atoms with Gasteiger partial charge in [-0.1, -0.05) is 6.07 Å². The zero-order chi connectivity index (χ0) is 14.2. The normalized spacial score (nSPS) is 18.1. The molecule has 2 heterocycles. The molecule has 2 rings (SSSR count). The summed E-state index contributed by atoms with van der Waals surface area (Å²) in [5.41, 5.74) is 2.08. The Kier molecular flexibility index (Phi) is 5.99. The molecular formula is C16H23NO3. The van der Waals surface area contributed by atoms with Crippen molar-refractivity contribution in [2.45, 2.75) is 51.6 Å². The van der Waals surface area contributed by atoms with Gasteiger partial charge in [-0.25, -0.2) is 0 Å². The summed E-state index contributed by atoms with van der Waals surface area (Å²) < 4.78 is 10.7. The third-order valence-electron chi connectivity index (χ3n) is 3.48. The van der Waals surface area contributed by atoms with E-state index in [9.17, 15) is 4.79 Å². The Balaban J connectivity index is 1.55. The van der Waals surface area contributed by atoms with Crippen LogP contribution in [0.5, 0.6) is 0 Å². The molecule has 110 valence electrons. The molecule has 0 aliphatic carbocycles. The summed E-state index contributed by atoms with van der Waals surface area (Å²) in [6, 6.07) is 5.99. The van der Waals surface area contributed by atoms with Gasteiger partial charge in [0.2, 0.25) is 0 Å². The highest BCUT2D eigenvalue weighted by Gasteiger charge is 2.16. The van der Waals surface area contributed by atoms with Crippen molar-refractivity contribution in [1.82, 2.24) is 4.98 Å². The fourth-order valence-electron chi connectivity index (χ4n) is 2.40. The first-order chi connectivity index (χ1) is 9.74. The lowest BCUT2D eigenvalue weighted by molar-refractivity contribution is -0.144. The molecule has 1 unspecified atom stereocenters. The van der Waals surface area contributed by atoms with Crippen LogP contribution in [0.15, 0.2) is 18.2 Å². The maximum Gasteiger partial charge on any atom is 0.305 e. The van der Waals surface area contributed by atoms with E-state index in [4.69, 9.17) is 9.47 Å². The van der Waals surface area contributed by atoms with Crippen LogP contribution in [-0.4, -0.2) is 30.3 Å². The van der Waals surface area contributed by atoms with Gasteiger partial charge in [-0.3, -0.25) is 9.78 Å². The van der Waals surface area contributed by atoms with Crippen LogP contribution in [0.3, 0.4) is 0 Å². The van der Waals surface area contributed by atoms with Crippen LogP contribution in [-0.2, 0) is 20.7 Å². The maximum atomic E-state index is 11.6. The van der Waals surface area contributed by atoms with Crippen molar-refractivity contribution < 1.29 is 14.3 Å². The van der Waals surface area contributed by atoms with Crippen LogP contribution in [0, 0.1) is 6.92 Å². The van der Waals surface area contributed by atoms with Gasteiger partial charge in [-0.2, -0.15) is 0 Å². The van der Waals surface area contributed by atoms with Crippen molar-refractivity contribution in [2.75, 3.05) is 13.2 Å². The van der Waals surface area contributed by atoms with Crippen LogP contribution in [0.4, 0.5) is 0 Å². The highest BCUT2D eigenvalue weighted by Crippen LogP contribution is 2.17. The predicted octanol–water partition coefficient (Wildman–Crippen LogP) is 2.83. The zero-order valence-corrected chi connectivity index (χ0v) is 12.1. The number of nitrogens with zero attached hydrogens (tertiary/aromatic N) is 1. The minimum Gasteiger partial charge on any atom is -0.466 e. The van der Waals surface area contributed by atoms with Crippen molar-refractivity contribution >= 4 is 5.97 Å². The highest BCUT2D eigenvalue weighted by molar-refractivity contribution is 5.69. The van der Waals surface area contributed by atoms with Gasteiger partial charge in [-0.15, -0.1) is 0 Å². The molecule has 4 nitrogen and oxygen atoms in total. The van der Waals surface area contributed by atoms with Gasteiger partial charge in [0.15, 0.2) is 0 Å². The van der Waals surface area contributed by atoms with Crippen molar-refractivity contribution in [2.24, 2.45) is 0 Å². The smallest absolute Gasteiger partial charge is 0.305 e. The quantitative estimate of drug-likeness (QED) is 0.568. The van der Waals surface area contributed by atoms with Crippen LogP contribution in [0.25, 0.3) is 0 Å². The summed E-state index contributed by atoms with van der Waals surface area (Å²) in [6.45, 7) is 3.29. The number of aromatic nitrogens is 1. The van der Waals surface area contributed by atoms with Crippen LogP contribution >= 0.6 is 0 Å². The lowest BCUT2D eigenvalue weighted by Crippen LogP contribution is -2.12. The van der Waals surface area contributed by atoms with E-state index in [1.165, 1.54) is 0 Å². The molecule has 0 radical (unpaired) electrons. The largest absolute Gasteiger partial charge is 0.466 e. The molecule has 0 saturated carbocycles. The minimum atomic E-state index is -0.113. The van der Waals surface area contributed by atoms with Gasteiger partial charge in [0, 0.05) is 24.4 Å². The average Bonchev–Trinajstić information content (AvgIpc) is 2.95. The number of aryl methyl sites for hydroxylation is 2. The second kappa shape index (κ2) is 8.00. The van der Waals surface area contributed by atoms with E-state index < -0.39 is 0 Å². The molecule has 1 saturated heterocycles. The second-order valence-corrected chi connectivity index (χ2v) is 5.27. The third kappa shape index (κ3) is 5.29. The summed E-state index contributed by atoms with van der Waals surface area (Å²) >= 11 is 0. The van der Waals surface area contributed by atoms with E-state index in [1.54, 1.807) is 0 Å². The van der Waals surface area contributed by atoms with Crippen molar-refractivity contribution in [3.63, 3.8) is 0 Å². The number of rotatable bonds is 7. The molecule has 1 fully saturated rings. The summed E-state index contributed by atoms with van der Waals surface area (Å²) in [5.74, 6) is -0.113. The number of ether oxygens (including phenoxy) is 2. The Hall–Kier alpha value is -1.42. The first-order valence-corrected chi connectivity index (χ1v) is 7.44. The average molecular weight is 277 g/mol. The molecule has 4 heteroatoms. The number of esters is 1. The number of carbonyl (C=O) groups is 1. The van der Waals surface area contributed by atoms with Crippen molar-refractivity contribution in [1.29, 1.82) is 0 Å². The maximum absolute atomic E-state index is 11.6. The number of pyridine rings is 1.